The normalized spacial score (nSPS) is 26.6. The van der Waals surface area contributed by atoms with Gasteiger partial charge in [0.15, 0.2) is 0 Å². The molecule has 0 spiro atoms. The Morgan fingerprint density at radius 1 is 1.32 bits per heavy atom. The summed E-state index contributed by atoms with van der Waals surface area (Å²) in [5.41, 5.74) is 2.83. The molecule has 1 N–H and O–H groups in total. The Bertz CT molecular complexity index is 458. The minimum absolute atomic E-state index is 0.755. The fourth-order valence-electron chi connectivity index (χ4n) is 3.42. The maximum absolute atomic E-state index is 5.49. The lowest BCUT2D eigenvalue weighted by Gasteiger charge is -2.17. The average molecular weight is 261 g/mol. The van der Waals surface area contributed by atoms with E-state index < -0.39 is 0 Å². The summed E-state index contributed by atoms with van der Waals surface area (Å²) in [6.07, 6.45) is 6.34. The van der Waals surface area contributed by atoms with Gasteiger partial charge >= 0.3 is 0 Å². The molecule has 1 atom stereocenters. The molecule has 1 aromatic heterocycles. The van der Waals surface area contributed by atoms with Gasteiger partial charge < -0.3 is 14.6 Å². The van der Waals surface area contributed by atoms with Crippen LogP contribution in [-0.2, 0) is 24.2 Å². The largest absolute Gasteiger partial charge is 0.381 e. The molecule has 0 aromatic carbocycles. The predicted molar refractivity (Wildman–Crippen MR) is 73.2 cm³/mol. The first kappa shape index (κ1) is 11.9. The van der Waals surface area contributed by atoms with Crippen molar-refractivity contribution in [1.29, 1.82) is 0 Å². The topological polar surface area (TPSA) is 39.1 Å². The molecule has 1 unspecified atom stereocenters. The van der Waals surface area contributed by atoms with E-state index in [-0.39, 0.29) is 0 Å². The van der Waals surface area contributed by atoms with Gasteiger partial charge in [-0.25, -0.2) is 4.98 Å². The molecule has 1 aromatic rings. The zero-order valence-corrected chi connectivity index (χ0v) is 11.5. The Balaban J connectivity index is 1.55. The Labute approximate surface area is 114 Å². The fourth-order valence-corrected chi connectivity index (χ4v) is 3.42. The smallest absolute Gasteiger partial charge is 0.112 e. The molecule has 1 aliphatic carbocycles. The lowest BCUT2D eigenvalue weighted by Crippen LogP contribution is -2.25. The summed E-state index contributed by atoms with van der Waals surface area (Å²) < 4.78 is 8.06. The van der Waals surface area contributed by atoms with E-state index in [2.05, 4.69) is 9.88 Å². The molecule has 19 heavy (non-hydrogen) atoms. The molecule has 3 aliphatic rings. The van der Waals surface area contributed by atoms with Crippen LogP contribution < -0.4 is 5.32 Å². The van der Waals surface area contributed by atoms with Gasteiger partial charge in [0, 0.05) is 50.9 Å². The number of hydrogen-bond donors (Lipinski definition) is 1. The van der Waals surface area contributed by atoms with Crippen LogP contribution in [0.25, 0.3) is 0 Å². The van der Waals surface area contributed by atoms with E-state index in [9.17, 15) is 0 Å². The van der Waals surface area contributed by atoms with Gasteiger partial charge in [0.05, 0.1) is 5.69 Å². The first-order valence-electron chi connectivity index (χ1n) is 7.78. The summed E-state index contributed by atoms with van der Waals surface area (Å²) in [6, 6.07) is 0. The molecule has 1 saturated carbocycles. The number of ether oxygens (including phenoxy) is 1. The Morgan fingerprint density at radius 2 is 2.26 bits per heavy atom. The molecule has 0 bridgehead atoms. The zero-order chi connectivity index (χ0) is 12.7. The van der Waals surface area contributed by atoms with E-state index in [1.54, 1.807) is 0 Å². The van der Waals surface area contributed by atoms with E-state index >= 15 is 0 Å². The van der Waals surface area contributed by atoms with Crippen molar-refractivity contribution in [3.05, 3.63) is 17.2 Å². The Kier molecular flexibility index (Phi) is 3.08. The number of nitrogens with one attached hydrogen (secondary N) is 1. The second kappa shape index (κ2) is 4.91. The average Bonchev–Trinajstić information content (AvgIpc) is 3.02. The van der Waals surface area contributed by atoms with Crippen LogP contribution in [0.5, 0.6) is 0 Å². The first-order chi connectivity index (χ1) is 9.42. The fraction of sp³-hybridized carbons (Fsp3) is 0.800. The molecule has 4 heteroatoms. The molecular weight excluding hydrogens is 238 g/mol. The van der Waals surface area contributed by atoms with E-state index in [0.29, 0.717) is 0 Å². The number of fused-ring (bicyclic) bond motifs is 1. The van der Waals surface area contributed by atoms with Crippen molar-refractivity contribution in [3.63, 3.8) is 0 Å². The first-order valence-corrected chi connectivity index (χ1v) is 7.78. The minimum Gasteiger partial charge on any atom is -0.381 e. The van der Waals surface area contributed by atoms with Crippen LogP contribution >= 0.6 is 0 Å². The summed E-state index contributed by atoms with van der Waals surface area (Å²) in [6.45, 7) is 5.16. The number of rotatable bonds is 4. The van der Waals surface area contributed by atoms with Crippen molar-refractivity contribution >= 4 is 0 Å². The quantitative estimate of drug-likeness (QED) is 0.899. The van der Waals surface area contributed by atoms with Crippen molar-refractivity contribution in [1.82, 2.24) is 14.9 Å². The lowest BCUT2D eigenvalue weighted by molar-refractivity contribution is 0.183. The minimum atomic E-state index is 0.755. The monoisotopic (exact) mass is 261 g/mol. The number of aromatic nitrogens is 2. The third kappa shape index (κ3) is 2.32. The maximum atomic E-state index is 5.49. The highest BCUT2D eigenvalue weighted by atomic mass is 16.5. The van der Waals surface area contributed by atoms with Crippen molar-refractivity contribution in [2.75, 3.05) is 19.8 Å². The summed E-state index contributed by atoms with van der Waals surface area (Å²) in [7, 11) is 0. The Hall–Kier alpha value is -0.870. The van der Waals surface area contributed by atoms with Gasteiger partial charge in [0.1, 0.15) is 5.82 Å². The van der Waals surface area contributed by atoms with Crippen LogP contribution in [-0.4, -0.2) is 29.3 Å². The van der Waals surface area contributed by atoms with Crippen LogP contribution in [0.4, 0.5) is 0 Å². The maximum Gasteiger partial charge on any atom is 0.112 e. The molecule has 0 radical (unpaired) electrons. The van der Waals surface area contributed by atoms with Crippen molar-refractivity contribution in [3.8, 4) is 0 Å². The van der Waals surface area contributed by atoms with Crippen molar-refractivity contribution in [2.45, 2.75) is 51.1 Å². The van der Waals surface area contributed by atoms with Crippen LogP contribution in [0, 0.1) is 5.92 Å². The van der Waals surface area contributed by atoms with Crippen LogP contribution in [0.15, 0.2) is 0 Å². The van der Waals surface area contributed by atoms with Crippen LogP contribution in [0.2, 0.25) is 0 Å². The van der Waals surface area contributed by atoms with E-state index in [4.69, 9.17) is 9.72 Å². The summed E-state index contributed by atoms with van der Waals surface area (Å²) in [5, 5.41) is 3.44. The standard InChI is InChI=1S/C15H23N3O/c1-2-12(1)15-17-13-9-16-6-3-14(13)18(15)7-4-11-5-8-19-10-11/h11-12,16H,1-10H2. The highest BCUT2D eigenvalue weighted by Gasteiger charge is 2.32. The van der Waals surface area contributed by atoms with Gasteiger partial charge in [0.25, 0.3) is 0 Å². The lowest BCUT2D eigenvalue weighted by atomic mass is 10.0. The van der Waals surface area contributed by atoms with E-state index in [1.165, 1.54) is 42.9 Å². The predicted octanol–water partition coefficient (Wildman–Crippen LogP) is 1.83. The second-order valence-electron chi connectivity index (χ2n) is 6.23. The summed E-state index contributed by atoms with van der Waals surface area (Å²) in [4.78, 5) is 4.93. The molecule has 4 nitrogen and oxygen atoms in total. The SMILES string of the molecule is C1Cc2c(nc(C3CC3)n2CCC2CCOC2)CN1. The van der Waals surface area contributed by atoms with Gasteiger partial charge in [-0.05, 0) is 31.6 Å². The molecule has 1 saturated heterocycles. The molecule has 2 fully saturated rings. The molecule has 3 heterocycles. The summed E-state index contributed by atoms with van der Waals surface area (Å²) in [5.74, 6) is 2.91. The number of hydrogen-bond acceptors (Lipinski definition) is 3. The van der Waals surface area contributed by atoms with Gasteiger partial charge in [-0.3, -0.25) is 0 Å². The van der Waals surface area contributed by atoms with E-state index in [0.717, 1.165) is 51.1 Å². The summed E-state index contributed by atoms with van der Waals surface area (Å²) >= 11 is 0. The third-order valence-electron chi connectivity index (χ3n) is 4.74. The van der Waals surface area contributed by atoms with Gasteiger partial charge in [-0.2, -0.15) is 0 Å². The molecule has 2 aliphatic heterocycles. The second-order valence-corrected chi connectivity index (χ2v) is 6.23. The third-order valence-corrected chi connectivity index (χ3v) is 4.74. The molecule has 0 amide bonds. The number of nitrogens with zero attached hydrogens (tertiary/aromatic N) is 2. The highest BCUT2D eigenvalue weighted by Crippen LogP contribution is 2.40. The van der Waals surface area contributed by atoms with Crippen molar-refractivity contribution in [2.24, 2.45) is 5.92 Å². The molecule has 4 rings (SSSR count). The van der Waals surface area contributed by atoms with Crippen LogP contribution in [0.3, 0.4) is 0 Å². The number of imidazole rings is 1. The van der Waals surface area contributed by atoms with Crippen LogP contribution in [0.1, 0.15) is 48.8 Å². The van der Waals surface area contributed by atoms with Gasteiger partial charge in [0.2, 0.25) is 0 Å². The molecule has 104 valence electrons. The molecular formula is C15H23N3O. The van der Waals surface area contributed by atoms with E-state index in [1.807, 2.05) is 0 Å². The van der Waals surface area contributed by atoms with Gasteiger partial charge in [-0.15, -0.1) is 0 Å². The Morgan fingerprint density at radius 3 is 3.05 bits per heavy atom. The van der Waals surface area contributed by atoms with Crippen molar-refractivity contribution < 1.29 is 4.74 Å². The highest BCUT2D eigenvalue weighted by molar-refractivity contribution is 5.24. The zero-order valence-electron chi connectivity index (χ0n) is 11.5. The van der Waals surface area contributed by atoms with Gasteiger partial charge in [-0.1, -0.05) is 0 Å².